The lowest BCUT2D eigenvalue weighted by Gasteiger charge is -2.24. The maximum absolute atomic E-state index is 11.9. The maximum atomic E-state index is 11.9. The van der Waals surface area contributed by atoms with Gasteiger partial charge in [0.1, 0.15) is 0 Å². The summed E-state index contributed by atoms with van der Waals surface area (Å²) in [5.74, 6) is -0.00302. The Morgan fingerprint density at radius 2 is 2.07 bits per heavy atom. The molecule has 27 heavy (non-hydrogen) atoms. The van der Waals surface area contributed by atoms with Crippen molar-refractivity contribution in [3.63, 3.8) is 0 Å². The van der Waals surface area contributed by atoms with Gasteiger partial charge in [0.2, 0.25) is 0 Å². The van der Waals surface area contributed by atoms with Gasteiger partial charge in [-0.05, 0) is 37.1 Å². The number of nitrogens with one attached hydrogen (secondary N) is 1. The first kappa shape index (κ1) is 17.9. The smallest absolute Gasteiger partial charge is 0.261 e. The van der Waals surface area contributed by atoms with Crippen molar-refractivity contribution in [3.8, 4) is 0 Å². The number of rotatable bonds is 6. The fourth-order valence-corrected chi connectivity index (χ4v) is 4.85. The zero-order valence-electron chi connectivity index (χ0n) is 15.5. The fourth-order valence-electron chi connectivity index (χ4n) is 3.73. The van der Waals surface area contributed by atoms with E-state index in [0.717, 1.165) is 30.9 Å². The number of benzene rings is 1. The van der Waals surface area contributed by atoms with Gasteiger partial charge in [0.25, 0.3) is 5.91 Å². The molecule has 140 valence electrons. The number of carbonyl (C=O) groups is 1. The van der Waals surface area contributed by atoms with E-state index < -0.39 is 0 Å². The van der Waals surface area contributed by atoms with Crippen molar-refractivity contribution in [2.24, 2.45) is 0 Å². The summed E-state index contributed by atoms with van der Waals surface area (Å²) in [5.41, 5.74) is 2.51. The molecule has 1 amide bonds. The Kier molecular flexibility index (Phi) is 5.36. The second-order valence-electron chi connectivity index (χ2n) is 6.91. The lowest BCUT2D eigenvalue weighted by Crippen LogP contribution is -2.23. The van der Waals surface area contributed by atoms with Crippen LogP contribution in [0.5, 0.6) is 0 Å². The standard InChI is InChI=1S/C21H24N4OS/c1-22-21(26)20-10-9-19(27-20)18-8-5-11-24(18)14-17-12-23-15-25(17)13-16-6-3-2-4-7-16/h2-4,6-7,9-10,12,15,18H,5,8,11,13-14H2,1H3,(H,22,26)/t18-/m0/s1. The van der Waals surface area contributed by atoms with E-state index in [0.29, 0.717) is 6.04 Å². The van der Waals surface area contributed by atoms with E-state index in [4.69, 9.17) is 0 Å². The molecule has 1 saturated heterocycles. The average molecular weight is 381 g/mol. The van der Waals surface area contributed by atoms with E-state index >= 15 is 0 Å². The summed E-state index contributed by atoms with van der Waals surface area (Å²) in [6, 6.07) is 14.9. The zero-order valence-corrected chi connectivity index (χ0v) is 16.3. The van der Waals surface area contributed by atoms with E-state index in [1.807, 2.05) is 24.7 Å². The van der Waals surface area contributed by atoms with E-state index in [2.05, 4.69) is 50.1 Å². The first-order valence-electron chi connectivity index (χ1n) is 9.33. The Bertz CT molecular complexity index is 902. The molecular weight excluding hydrogens is 356 g/mol. The van der Waals surface area contributed by atoms with Gasteiger partial charge in [0.15, 0.2) is 0 Å². The summed E-state index contributed by atoms with van der Waals surface area (Å²) in [5, 5.41) is 2.71. The Morgan fingerprint density at radius 1 is 1.22 bits per heavy atom. The number of aromatic nitrogens is 2. The minimum atomic E-state index is -0.00302. The Morgan fingerprint density at radius 3 is 2.89 bits per heavy atom. The molecule has 0 spiro atoms. The predicted molar refractivity (Wildman–Crippen MR) is 108 cm³/mol. The van der Waals surface area contributed by atoms with Crippen molar-refractivity contribution in [2.75, 3.05) is 13.6 Å². The number of hydrogen-bond donors (Lipinski definition) is 1. The second-order valence-corrected chi connectivity index (χ2v) is 8.02. The topological polar surface area (TPSA) is 50.2 Å². The SMILES string of the molecule is CNC(=O)c1ccc([C@@H]2CCCN2Cc2cncn2Cc2ccccc2)s1. The van der Waals surface area contributed by atoms with Crippen molar-refractivity contribution in [3.05, 3.63) is 76.0 Å². The third-order valence-electron chi connectivity index (χ3n) is 5.13. The monoisotopic (exact) mass is 380 g/mol. The van der Waals surface area contributed by atoms with E-state index in [1.54, 1.807) is 18.4 Å². The summed E-state index contributed by atoms with van der Waals surface area (Å²) in [7, 11) is 1.68. The minimum Gasteiger partial charge on any atom is -0.354 e. The first-order valence-corrected chi connectivity index (χ1v) is 10.1. The molecular formula is C21H24N4OS. The van der Waals surface area contributed by atoms with E-state index in [1.165, 1.54) is 22.6 Å². The number of carbonyl (C=O) groups excluding carboxylic acids is 1. The average Bonchev–Trinajstić information content (AvgIpc) is 3.44. The van der Waals surface area contributed by atoms with Gasteiger partial charge in [-0.2, -0.15) is 0 Å². The predicted octanol–water partition coefficient (Wildman–Crippen LogP) is 3.69. The van der Waals surface area contributed by atoms with Gasteiger partial charge in [-0.15, -0.1) is 11.3 Å². The van der Waals surface area contributed by atoms with Gasteiger partial charge < -0.3 is 9.88 Å². The molecule has 1 N–H and O–H groups in total. The summed E-state index contributed by atoms with van der Waals surface area (Å²) in [4.78, 5) is 20.8. The Balaban J connectivity index is 1.48. The van der Waals surface area contributed by atoms with Gasteiger partial charge in [0.05, 0.1) is 16.9 Å². The van der Waals surface area contributed by atoms with Gasteiger partial charge in [0, 0.05) is 37.3 Å². The minimum absolute atomic E-state index is 0.00302. The van der Waals surface area contributed by atoms with Gasteiger partial charge >= 0.3 is 0 Å². The van der Waals surface area contributed by atoms with Crippen LogP contribution in [0.25, 0.3) is 0 Å². The highest BCUT2D eigenvalue weighted by molar-refractivity contribution is 7.14. The molecule has 0 unspecified atom stereocenters. The van der Waals surface area contributed by atoms with Crippen LogP contribution in [-0.2, 0) is 13.1 Å². The summed E-state index contributed by atoms with van der Waals surface area (Å²) in [6.07, 6.45) is 6.22. The fraction of sp³-hybridized carbons (Fsp3) is 0.333. The van der Waals surface area contributed by atoms with E-state index in [-0.39, 0.29) is 5.91 Å². The number of imidazole rings is 1. The molecule has 2 aromatic heterocycles. The molecule has 6 heteroatoms. The lowest BCUT2D eigenvalue weighted by atomic mass is 10.2. The van der Waals surface area contributed by atoms with Crippen molar-refractivity contribution < 1.29 is 4.79 Å². The van der Waals surface area contributed by atoms with Crippen molar-refractivity contribution in [1.82, 2.24) is 19.8 Å². The molecule has 1 aliphatic heterocycles. The molecule has 0 radical (unpaired) electrons. The first-order chi connectivity index (χ1) is 13.2. The number of nitrogens with zero attached hydrogens (tertiary/aromatic N) is 3. The highest BCUT2D eigenvalue weighted by Crippen LogP contribution is 2.36. The maximum Gasteiger partial charge on any atom is 0.261 e. The molecule has 5 nitrogen and oxygen atoms in total. The number of likely N-dealkylation sites (tertiary alicyclic amines) is 1. The number of hydrogen-bond acceptors (Lipinski definition) is 4. The molecule has 0 saturated carbocycles. The van der Waals surface area contributed by atoms with Gasteiger partial charge in [-0.3, -0.25) is 9.69 Å². The third-order valence-corrected chi connectivity index (χ3v) is 6.31. The third kappa shape index (κ3) is 3.96. The van der Waals surface area contributed by atoms with Crippen LogP contribution in [-0.4, -0.2) is 34.0 Å². The van der Waals surface area contributed by atoms with Crippen molar-refractivity contribution in [2.45, 2.75) is 32.0 Å². The zero-order chi connectivity index (χ0) is 18.6. The number of amides is 1. The molecule has 1 aliphatic rings. The quantitative estimate of drug-likeness (QED) is 0.710. The van der Waals surface area contributed by atoms with Crippen LogP contribution in [0, 0.1) is 0 Å². The molecule has 0 bridgehead atoms. The summed E-state index contributed by atoms with van der Waals surface area (Å²) >= 11 is 1.61. The normalized spacial score (nSPS) is 17.3. The van der Waals surface area contributed by atoms with Gasteiger partial charge in [-0.1, -0.05) is 30.3 Å². The van der Waals surface area contributed by atoms with Crippen LogP contribution in [0.4, 0.5) is 0 Å². The highest BCUT2D eigenvalue weighted by Gasteiger charge is 2.28. The number of thiophene rings is 1. The molecule has 1 fully saturated rings. The highest BCUT2D eigenvalue weighted by atomic mass is 32.1. The molecule has 4 rings (SSSR count). The van der Waals surface area contributed by atoms with Crippen LogP contribution in [0.3, 0.4) is 0 Å². The Labute approximate surface area is 163 Å². The summed E-state index contributed by atoms with van der Waals surface area (Å²) in [6.45, 7) is 2.80. The van der Waals surface area contributed by atoms with Crippen LogP contribution in [0.2, 0.25) is 0 Å². The van der Waals surface area contributed by atoms with Crippen LogP contribution in [0.15, 0.2) is 55.0 Å². The van der Waals surface area contributed by atoms with Crippen LogP contribution < -0.4 is 5.32 Å². The van der Waals surface area contributed by atoms with Crippen molar-refractivity contribution in [1.29, 1.82) is 0 Å². The van der Waals surface area contributed by atoms with Crippen LogP contribution in [0.1, 0.15) is 44.7 Å². The molecule has 1 atom stereocenters. The summed E-state index contributed by atoms with van der Waals surface area (Å²) < 4.78 is 2.23. The Hall–Kier alpha value is -2.44. The lowest BCUT2D eigenvalue weighted by molar-refractivity contribution is 0.0967. The largest absolute Gasteiger partial charge is 0.354 e. The van der Waals surface area contributed by atoms with Gasteiger partial charge in [-0.25, -0.2) is 4.98 Å². The van der Waals surface area contributed by atoms with Crippen molar-refractivity contribution >= 4 is 17.2 Å². The van der Waals surface area contributed by atoms with Crippen LogP contribution >= 0.6 is 11.3 Å². The molecule has 3 heterocycles. The second kappa shape index (κ2) is 8.06. The molecule has 0 aliphatic carbocycles. The van der Waals surface area contributed by atoms with E-state index in [9.17, 15) is 4.79 Å². The molecule has 1 aromatic carbocycles. The molecule has 3 aromatic rings.